The molecule has 0 unspecified atom stereocenters. The largest absolute Gasteiger partial charge is 0.381 e. The fourth-order valence-electron chi connectivity index (χ4n) is 4.45. The summed E-state index contributed by atoms with van der Waals surface area (Å²) in [5.74, 6) is 0. The molecule has 5 heteroatoms. The molecule has 0 aromatic heterocycles. The summed E-state index contributed by atoms with van der Waals surface area (Å²) in [6.45, 7) is 18.8. The Labute approximate surface area is 203 Å². The van der Waals surface area contributed by atoms with Gasteiger partial charge in [-0.3, -0.25) is 9.89 Å². The van der Waals surface area contributed by atoms with Crippen LogP contribution in [-0.4, -0.2) is 86.5 Å². The number of likely N-dealkylation sites (tertiary alicyclic amines) is 1. The van der Waals surface area contributed by atoms with E-state index < -0.39 is 0 Å². The Kier molecular flexibility index (Phi) is 13.4. The second-order valence-electron chi connectivity index (χ2n) is 9.47. The van der Waals surface area contributed by atoms with Crippen LogP contribution in [0.5, 0.6) is 0 Å². The Morgan fingerprint density at radius 1 is 0.909 bits per heavy atom. The number of ether oxygens (including phenoxy) is 1. The second kappa shape index (κ2) is 16.0. The molecule has 2 fully saturated rings. The zero-order valence-electron chi connectivity index (χ0n) is 22.0. The topological polar surface area (TPSA) is 31.3 Å². The molecule has 2 saturated heterocycles. The lowest BCUT2D eigenvalue weighted by atomic mass is 10.0. The Morgan fingerprint density at radius 3 is 2.30 bits per heavy atom. The summed E-state index contributed by atoms with van der Waals surface area (Å²) in [6, 6.07) is 0. The van der Waals surface area contributed by atoms with E-state index in [4.69, 9.17) is 9.73 Å². The van der Waals surface area contributed by atoms with Crippen LogP contribution in [0.25, 0.3) is 0 Å². The monoisotopic (exact) mass is 456 g/mol. The Bertz CT molecular complexity index is 707. The van der Waals surface area contributed by atoms with Gasteiger partial charge in [0.25, 0.3) is 0 Å². The fourth-order valence-corrected chi connectivity index (χ4v) is 4.45. The first-order valence-electron chi connectivity index (χ1n) is 13.0. The lowest BCUT2D eigenvalue weighted by Crippen LogP contribution is -2.46. The Balaban J connectivity index is 2.02. The number of hydrogen-bond acceptors (Lipinski definition) is 5. The van der Waals surface area contributed by atoms with Gasteiger partial charge in [0.1, 0.15) is 0 Å². The number of rotatable bonds is 11. The predicted molar refractivity (Wildman–Crippen MR) is 143 cm³/mol. The molecule has 5 nitrogen and oxygen atoms in total. The summed E-state index contributed by atoms with van der Waals surface area (Å²) >= 11 is 0. The highest BCUT2D eigenvalue weighted by atomic mass is 16.5. The molecule has 2 rings (SSSR count). The van der Waals surface area contributed by atoms with Crippen LogP contribution in [0.4, 0.5) is 0 Å². The van der Waals surface area contributed by atoms with Crippen molar-refractivity contribution >= 4 is 5.71 Å². The normalized spacial score (nSPS) is 21.8. The van der Waals surface area contributed by atoms with Crippen molar-refractivity contribution < 1.29 is 4.74 Å². The minimum atomic E-state index is 0.673. The second-order valence-corrected chi connectivity index (χ2v) is 9.47. The highest BCUT2D eigenvalue weighted by Crippen LogP contribution is 2.23. The van der Waals surface area contributed by atoms with Gasteiger partial charge in [0.2, 0.25) is 0 Å². The van der Waals surface area contributed by atoms with Crippen molar-refractivity contribution in [3.8, 4) is 0 Å². The molecule has 33 heavy (non-hydrogen) atoms. The van der Waals surface area contributed by atoms with E-state index in [-0.39, 0.29) is 0 Å². The van der Waals surface area contributed by atoms with Crippen molar-refractivity contribution in [3.05, 3.63) is 47.3 Å². The van der Waals surface area contributed by atoms with Crippen molar-refractivity contribution in [1.82, 2.24) is 14.7 Å². The molecule has 2 aliphatic heterocycles. The number of piperazine rings is 1. The maximum Gasteiger partial charge on any atom is 0.0646 e. The molecule has 2 heterocycles. The van der Waals surface area contributed by atoms with E-state index in [1.54, 1.807) is 7.11 Å². The molecular formula is C28H48N4O. The third-order valence-electron chi connectivity index (χ3n) is 6.54. The Morgan fingerprint density at radius 2 is 1.61 bits per heavy atom. The fraction of sp³-hybridized carbons (Fsp3) is 0.679. The summed E-state index contributed by atoms with van der Waals surface area (Å²) in [7, 11) is 1.72. The molecule has 0 N–H and O–H groups in total. The lowest BCUT2D eigenvalue weighted by Gasteiger charge is -2.37. The third-order valence-corrected chi connectivity index (χ3v) is 6.54. The van der Waals surface area contributed by atoms with E-state index in [0.717, 1.165) is 52.0 Å². The van der Waals surface area contributed by atoms with E-state index in [1.165, 1.54) is 55.0 Å². The van der Waals surface area contributed by atoms with Gasteiger partial charge in [-0.15, -0.1) is 0 Å². The molecular weight excluding hydrogens is 408 g/mol. The molecule has 2 aliphatic rings. The van der Waals surface area contributed by atoms with E-state index in [2.05, 4.69) is 66.8 Å². The number of unbranched alkanes of at least 4 members (excludes halogenated alkanes) is 1. The standard InChI is InChI=1S/C28H48N4O/c1-6-7-15-31-19-21-32(22-20-31)26(4)27-13-17-30(16-11-9-8-10-12-23-33-5)18-14-28(27)29-24-25(2)3/h8-10,12,24H,6-7,11,13-23H2,1-5H3/b9-8-,12-10-,27-26+,29-28?. The van der Waals surface area contributed by atoms with Gasteiger partial charge in [-0.05, 0) is 52.2 Å². The first-order chi connectivity index (χ1) is 16.0. The summed E-state index contributed by atoms with van der Waals surface area (Å²) in [6.07, 6.45) is 16.4. The number of aliphatic imine (C=N–C) groups is 1. The van der Waals surface area contributed by atoms with Gasteiger partial charge in [0.05, 0.1) is 6.61 Å². The SMILES string of the molecule is CCCCN1CCN(/C(C)=C2\CCN(CC/C=C\C=C/COC)CCC2=NC=C(C)C)CC1. The van der Waals surface area contributed by atoms with Crippen molar-refractivity contribution in [2.24, 2.45) is 4.99 Å². The summed E-state index contributed by atoms with van der Waals surface area (Å²) in [4.78, 5) is 12.8. The molecule has 0 bridgehead atoms. The summed E-state index contributed by atoms with van der Waals surface area (Å²) in [5.41, 5.74) is 5.49. The van der Waals surface area contributed by atoms with Crippen molar-refractivity contribution in [3.63, 3.8) is 0 Å². The highest BCUT2D eigenvalue weighted by molar-refractivity contribution is 6.01. The quantitative estimate of drug-likeness (QED) is 0.396. The molecule has 0 aromatic carbocycles. The Hall–Kier alpha value is -1.69. The molecule has 186 valence electrons. The minimum Gasteiger partial charge on any atom is -0.381 e. The van der Waals surface area contributed by atoms with Crippen LogP contribution in [0.15, 0.2) is 52.3 Å². The predicted octanol–water partition coefficient (Wildman–Crippen LogP) is 5.29. The number of hydrogen-bond donors (Lipinski definition) is 0. The van der Waals surface area contributed by atoms with Crippen LogP contribution in [0.3, 0.4) is 0 Å². The van der Waals surface area contributed by atoms with Crippen molar-refractivity contribution in [2.75, 3.05) is 66.1 Å². The molecule has 0 radical (unpaired) electrons. The van der Waals surface area contributed by atoms with Crippen LogP contribution in [0, 0.1) is 0 Å². The highest BCUT2D eigenvalue weighted by Gasteiger charge is 2.23. The summed E-state index contributed by atoms with van der Waals surface area (Å²) in [5, 5.41) is 0. The smallest absolute Gasteiger partial charge is 0.0646 e. The van der Waals surface area contributed by atoms with Crippen molar-refractivity contribution in [2.45, 2.75) is 59.8 Å². The molecule has 0 amide bonds. The molecule has 0 aromatic rings. The van der Waals surface area contributed by atoms with Gasteiger partial charge in [-0.1, -0.05) is 43.2 Å². The molecule has 0 atom stereocenters. The molecule has 0 aliphatic carbocycles. The van der Waals surface area contributed by atoms with Crippen molar-refractivity contribution in [1.29, 1.82) is 0 Å². The van der Waals surface area contributed by atoms with E-state index in [1.807, 2.05) is 6.08 Å². The van der Waals surface area contributed by atoms with Gasteiger partial charge in [-0.25, -0.2) is 0 Å². The maximum absolute atomic E-state index is 5.04. The average molecular weight is 457 g/mol. The minimum absolute atomic E-state index is 0.673. The first-order valence-corrected chi connectivity index (χ1v) is 13.0. The van der Waals surface area contributed by atoms with Gasteiger partial charge in [0.15, 0.2) is 0 Å². The van der Waals surface area contributed by atoms with Crippen LogP contribution >= 0.6 is 0 Å². The van der Waals surface area contributed by atoms with Gasteiger partial charge in [0, 0.05) is 77.0 Å². The molecule has 0 spiro atoms. The first kappa shape index (κ1) is 27.6. The van der Waals surface area contributed by atoms with Crippen LogP contribution in [0.2, 0.25) is 0 Å². The van der Waals surface area contributed by atoms with Gasteiger partial charge >= 0.3 is 0 Å². The van der Waals surface area contributed by atoms with Crippen LogP contribution < -0.4 is 0 Å². The number of allylic oxidation sites excluding steroid dienone is 4. The summed E-state index contributed by atoms with van der Waals surface area (Å²) < 4.78 is 5.04. The van der Waals surface area contributed by atoms with Gasteiger partial charge in [-0.2, -0.15) is 0 Å². The zero-order chi connectivity index (χ0) is 23.9. The van der Waals surface area contributed by atoms with Gasteiger partial charge < -0.3 is 14.5 Å². The third kappa shape index (κ3) is 10.4. The van der Waals surface area contributed by atoms with E-state index in [9.17, 15) is 0 Å². The number of nitrogens with zero attached hydrogens (tertiary/aromatic N) is 4. The van der Waals surface area contributed by atoms with Crippen LogP contribution in [-0.2, 0) is 4.74 Å². The van der Waals surface area contributed by atoms with E-state index >= 15 is 0 Å². The molecule has 0 saturated carbocycles. The van der Waals surface area contributed by atoms with Crippen LogP contribution in [0.1, 0.15) is 59.8 Å². The maximum atomic E-state index is 5.04. The average Bonchev–Trinajstić information content (AvgIpc) is 3.03. The van der Waals surface area contributed by atoms with E-state index in [0.29, 0.717) is 6.61 Å². The number of methoxy groups -OCH3 is 1. The zero-order valence-corrected chi connectivity index (χ0v) is 22.0. The lowest BCUT2D eigenvalue weighted by molar-refractivity contribution is 0.156.